The van der Waals surface area contributed by atoms with Crippen LogP contribution in [0.1, 0.15) is 20.7 Å². The van der Waals surface area contributed by atoms with Crippen molar-refractivity contribution in [3.8, 4) is 0 Å². The Bertz CT molecular complexity index is 381. The lowest BCUT2D eigenvalue weighted by molar-refractivity contribution is 0.0967. The molecule has 0 spiro atoms. The summed E-state index contributed by atoms with van der Waals surface area (Å²) in [4.78, 5) is 21.9. The molecule has 0 saturated heterocycles. The summed E-state index contributed by atoms with van der Waals surface area (Å²) in [6.07, 6.45) is 0. The van der Waals surface area contributed by atoms with Crippen LogP contribution in [0.5, 0.6) is 0 Å². The monoisotopic (exact) mass is 276 g/mol. The summed E-state index contributed by atoms with van der Waals surface area (Å²) in [5.41, 5.74) is 10.2. The lowest BCUT2D eigenvalue weighted by atomic mass is 10.1. The van der Waals surface area contributed by atoms with E-state index in [0.29, 0.717) is 9.50 Å². The summed E-state index contributed by atoms with van der Waals surface area (Å²) in [7, 11) is 0. The molecule has 14 heavy (non-hydrogen) atoms. The van der Waals surface area contributed by atoms with E-state index in [-0.39, 0.29) is 11.1 Å². The second kappa shape index (κ2) is 3.98. The predicted molar refractivity (Wildman–Crippen MR) is 56.2 cm³/mol. The predicted octanol–water partition coefficient (Wildman–Crippen LogP) is 1.30. The molecule has 0 bridgehead atoms. The quantitative estimate of drug-likeness (QED) is 0.853. The van der Waals surface area contributed by atoms with Crippen molar-refractivity contribution in [2.75, 3.05) is 0 Å². The van der Waals surface area contributed by atoms with Gasteiger partial charge in [0.15, 0.2) is 0 Å². The maximum atomic E-state index is 10.9. The summed E-state index contributed by atoms with van der Waals surface area (Å²) in [5, 5.41) is 0.295. The molecule has 0 saturated carbocycles. The molecule has 74 valence electrons. The number of hydrogen-bond acceptors (Lipinski definition) is 2. The van der Waals surface area contributed by atoms with Gasteiger partial charge in [-0.1, -0.05) is 11.6 Å². The summed E-state index contributed by atoms with van der Waals surface area (Å²) < 4.78 is 0.484. The van der Waals surface area contributed by atoms with Crippen LogP contribution in [-0.4, -0.2) is 11.8 Å². The van der Waals surface area contributed by atoms with Gasteiger partial charge >= 0.3 is 0 Å². The first-order valence-corrected chi connectivity index (χ1v) is 4.69. The fourth-order valence-corrected chi connectivity index (χ4v) is 1.46. The lowest BCUT2D eigenvalue weighted by Gasteiger charge is -2.05. The zero-order chi connectivity index (χ0) is 10.9. The van der Waals surface area contributed by atoms with Crippen LogP contribution in [0.3, 0.4) is 0 Å². The Balaban J connectivity index is 3.46. The van der Waals surface area contributed by atoms with Crippen molar-refractivity contribution in [3.63, 3.8) is 0 Å². The lowest BCUT2D eigenvalue weighted by Crippen LogP contribution is -2.20. The molecule has 1 aromatic rings. The summed E-state index contributed by atoms with van der Waals surface area (Å²) in [6.45, 7) is 0. The Hall–Kier alpha value is -1.07. The van der Waals surface area contributed by atoms with E-state index >= 15 is 0 Å². The van der Waals surface area contributed by atoms with Crippen molar-refractivity contribution < 1.29 is 9.59 Å². The van der Waals surface area contributed by atoms with Crippen LogP contribution in [0.4, 0.5) is 0 Å². The molecule has 0 aliphatic heterocycles. The topological polar surface area (TPSA) is 86.2 Å². The molecule has 1 rings (SSSR count). The molecular formula is C8H6BrClN2O2. The molecule has 4 N–H and O–H groups in total. The Morgan fingerprint density at radius 3 is 2.00 bits per heavy atom. The molecule has 0 unspecified atom stereocenters. The van der Waals surface area contributed by atoms with E-state index in [1.54, 1.807) is 0 Å². The van der Waals surface area contributed by atoms with Crippen molar-refractivity contribution in [1.82, 2.24) is 0 Å². The van der Waals surface area contributed by atoms with Crippen LogP contribution in [0.2, 0.25) is 5.02 Å². The molecule has 0 radical (unpaired) electrons. The molecule has 6 heteroatoms. The maximum absolute atomic E-state index is 10.9. The van der Waals surface area contributed by atoms with E-state index < -0.39 is 11.8 Å². The Morgan fingerprint density at radius 2 is 1.57 bits per heavy atom. The third-order valence-corrected chi connectivity index (χ3v) is 2.79. The van der Waals surface area contributed by atoms with E-state index in [1.807, 2.05) is 0 Å². The molecule has 0 heterocycles. The minimum Gasteiger partial charge on any atom is -0.366 e. The summed E-state index contributed by atoms with van der Waals surface area (Å²) >= 11 is 8.83. The molecule has 0 aromatic heterocycles. The fourth-order valence-electron chi connectivity index (χ4n) is 0.955. The third kappa shape index (κ3) is 2.05. The number of nitrogens with two attached hydrogens (primary N) is 2. The Morgan fingerprint density at radius 1 is 1.14 bits per heavy atom. The highest BCUT2D eigenvalue weighted by molar-refractivity contribution is 9.10. The van der Waals surface area contributed by atoms with Gasteiger partial charge in [0, 0.05) is 4.47 Å². The van der Waals surface area contributed by atoms with Crippen molar-refractivity contribution >= 4 is 39.3 Å². The first kappa shape index (κ1) is 11.0. The van der Waals surface area contributed by atoms with E-state index in [0.717, 1.165) is 0 Å². The van der Waals surface area contributed by atoms with Crippen molar-refractivity contribution in [3.05, 3.63) is 32.8 Å². The van der Waals surface area contributed by atoms with Gasteiger partial charge in [-0.15, -0.1) is 0 Å². The molecular weight excluding hydrogens is 271 g/mol. The van der Waals surface area contributed by atoms with Gasteiger partial charge in [-0.3, -0.25) is 9.59 Å². The zero-order valence-electron chi connectivity index (χ0n) is 6.88. The zero-order valence-corrected chi connectivity index (χ0v) is 9.22. The highest BCUT2D eigenvalue weighted by Crippen LogP contribution is 2.26. The van der Waals surface area contributed by atoms with Gasteiger partial charge in [0.05, 0.1) is 16.1 Å². The number of amides is 2. The third-order valence-electron chi connectivity index (χ3n) is 1.59. The number of primary amides is 2. The molecule has 0 fully saturated rings. The summed E-state index contributed by atoms with van der Waals surface area (Å²) in [5.74, 6) is -1.47. The van der Waals surface area contributed by atoms with Crippen LogP contribution in [0.25, 0.3) is 0 Å². The van der Waals surface area contributed by atoms with Gasteiger partial charge in [-0.25, -0.2) is 0 Å². The van der Waals surface area contributed by atoms with Gasteiger partial charge in [-0.2, -0.15) is 0 Å². The van der Waals surface area contributed by atoms with Crippen molar-refractivity contribution in [2.45, 2.75) is 0 Å². The van der Waals surface area contributed by atoms with Gasteiger partial charge < -0.3 is 11.5 Å². The highest BCUT2D eigenvalue weighted by atomic mass is 79.9. The highest BCUT2D eigenvalue weighted by Gasteiger charge is 2.15. The van der Waals surface area contributed by atoms with E-state index in [2.05, 4.69) is 15.9 Å². The fraction of sp³-hybridized carbons (Fsp3) is 0. The van der Waals surface area contributed by atoms with Gasteiger partial charge in [0.2, 0.25) is 11.8 Å². The molecule has 2 amide bonds. The number of carbonyl (C=O) groups is 2. The Kier molecular flexibility index (Phi) is 3.13. The smallest absolute Gasteiger partial charge is 0.249 e. The average Bonchev–Trinajstić information content (AvgIpc) is 2.08. The molecule has 0 aliphatic rings. The number of benzene rings is 1. The molecule has 0 aliphatic carbocycles. The van der Waals surface area contributed by atoms with Crippen molar-refractivity contribution in [1.29, 1.82) is 0 Å². The minimum absolute atomic E-state index is 0.0192. The largest absolute Gasteiger partial charge is 0.366 e. The van der Waals surface area contributed by atoms with Crippen LogP contribution in [0.15, 0.2) is 16.6 Å². The van der Waals surface area contributed by atoms with Crippen LogP contribution in [-0.2, 0) is 0 Å². The van der Waals surface area contributed by atoms with Crippen LogP contribution in [0, 0.1) is 0 Å². The van der Waals surface area contributed by atoms with Gasteiger partial charge in [0.1, 0.15) is 0 Å². The standard InChI is InChI=1S/C8H6BrClN2O2/c9-5-1-3(7(11)13)4(8(12)14)2-6(5)10/h1-2H,(H2,11,13)(H2,12,14). The first-order chi connectivity index (χ1) is 6.43. The number of hydrogen-bond donors (Lipinski definition) is 2. The normalized spacial score (nSPS) is 9.86. The van der Waals surface area contributed by atoms with E-state index in [1.165, 1.54) is 12.1 Å². The number of halogens is 2. The second-order valence-corrected chi connectivity index (χ2v) is 3.80. The molecule has 1 aromatic carbocycles. The second-order valence-electron chi connectivity index (χ2n) is 2.54. The van der Waals surface area contributed by atoms with Gasteiger partial charge in [-0.05, 0) is 28.1 Å². The van der Waals surface area contributed by atoms with Gasteiger partial charge in [0.25, 0.3) is 0 Å². The number of carbonyl (C=O) groups excluding carboxylic acids is 2. The molecule has 4 nitrogen and oxygen atoms in total. The minimum atomic E-state index is -0.742. The first-order valence-electron chi connectivity index (χ1n) is 3.52. The van der Waals surface area contributed by atoms with E-state index in [9.17, 15) is 9.59 Å². The van der Waals surface area contributed by atoms with Crippen LogP contribution >= 0.6 is 27.5 Å². The van der Waals surface area contributed by atoms with E-state index in [4.69, 9.17) is 23.1 Å². The Labute approximate surface area is 93.3 Å². The average molecular weight is 278 g/mol. The SMILES string of the molecule is NC(=O)c1cc(Cl)c(Br)cc1C(N)=O. The van der Waals surface area contributed by atoms with Crippen molar-refractivity contribution in [2.24, 2.45) is 11.5 Å². The van der Waals surface area contributed by atoms with Crippen LogP contribution < -0.4 is 11.5 Å². The summed E-state index contributed by atoms with van der Waals surface area (Å²) in [6, 6.07) is 2.67. The molecule has 0 atom stereocenters. The number of rotatable bonds is 2. The maximum Gasteiger partial charge on any atom is 0.249 e.